The van der Waals surface area contributed by atoms with Crippen molar-refractivity contribution in [1.29, 1.82) is 0 Å². The first-order valence-corrected chi connectivity index (χ1v) is 9.22. The van der Waals surface area contributed by atoms with Crippen LogP contribution in [0.1, 0.15) is 30.2 Å². The van der Waals surface area contributed by atoms with Gasteiger partial charge in [0.2, 0.25) is 0 Å². The molecule has 2 heterocycles. The van der Waals surface area contributed by atoms with Crippen molar-refractivity contribution in [2.75, 3.05) is 12.3 Å². The van der Waals surface area contributed by atoms with Crippen LogP contribution in [-0.4, -0.2) is 22.5 Å². The first kappa shape index (κ1) is 17.7. The normalized spacial score (nSPS) is 19.1. The summed E-state index contributed by atoms with van der Waals surface area (Å²) >= 11 is 4.51. The number of likely N-dealkylation sites (tertiary alicyclic amines) is 1. The van der Waals surface area contributed by atoms with Gasteiger partial charge < -0.3 is 5.73 Å². The van der Waals surface area contributed by atoms with Crippen molar-refractivity contribution in [1.82, 2.24) is 9.88 Å². The molecular weight excluding hydrogens is 403 g/mol. The quantitative estimate of drug-likeness (QED) is 0.746. The van der Waals surface area contributed by atoms with Gasteiger partial charge in [-0.2, -0.15) is 13.2 Å². The van der Waals surface area contributed by atoms with Crippen molar-refractivity contribution in [2.24, 2.45) is 0 Å². The predicted molar refractivity (Wildman–Crippen MR) is 93.8 cm³/mol. The summed E-state index contributed by atoms with van der Waals surface area (Å²) in [6.07, 6.45) is -2.12. The first-order chi connectivity index (χ1) is 11.2. The molecular formula is C16H17BrF3N3S. The maximum Gasteiger partial charge on any atom is 0.416 e. The molecule has 0 bridgehead atoms. The van der Waals surface area contributed by atoms with Crippen LogP contribution in [0, 0.1) is 0 Å². The fourth-order valence-corrected chi connectivity index (χ4v) is 4.38. The van der Waals surface area contributed by atoms with E-state index in [1.54, 1.807) is 6.07 Å². The molecule has 0 amide bonds. The standard InChI is InChI=1S/C16H17BrF3N3S/c1-9-3-2-4-23(9)8-13-14(22-15(21)24-13)10-5-11(16(18,19)20)7-12(17)6-10/h5-7,9H,2-4,8H2,1H3,(H2,21,22)/t9-/m1/s1. The van der Waals surface area contributed by atoms with Gasteiger partial charge in [0.25, 0.3) is 0 Å². The van der Waals surface area contributed by atoms with Crippen LogP contribution in [0.4, 0.5) is 18.3 Å². The van der Waals surface area contributed by atoms with E-state index < -0.39 is 11.7 Å². The number of aromatic nitrogens is 1. The van der Waals surface area contributed by atoms with Crippen LogP contribution < -0.4 is 5.73 Å². The minimum absolute atomic E-state index is 0.374. The van der Waals surface area contributed by atoms with Crippen LogP contribution >= 0.6 is 27.3 Å². The third-order valence-corrected chi connectivity index (χ3v) is 5.58. The second kappa shape index (κ2) is 6.65. The van der Waals surface area contributed by atoms with Crippen molar-refractivity contribution in [2.45, 2.75) is 38.5 Å². The van der Waals surface area contributed by atoms with E-state index >= 15 is 0 Å². The molecule has 1 aromatic heterocycles. The zero-order chi connectivity index (χ0) is 17.5. The molecule has 3 rings (SSSR count). The molecule has 0 saturated carbocycles. The highest BCUT2D eigenvalue weighted by molar-refractivity contribution is 9.10. The molecule has 24 heavy (non-hydrogen) atoms. The molecule has 1 aliphatic heterocycles. The van der Waals surface area contributed by atoms with Crippen molar-refractivity contribution in [3.63, 3.8) is 0 Å². The Bertz CT molecular complexity index is 745. The zero-order valence-corrected chi connectivity index (χ0v) is 15.4. The van der Waals surface area contributed by atoms with Gasteiger partial charge in [0.05, 0.1) is 11.3 Å². The maximum absolute atomic E-state index is 13.1. The highest BCUT2D eigenvalue weighted by atomic mass is 79.9. The number of hydrogen-bond acceptors (Lipinski definition) is 4. The van der Waals surface area contributed by atoms with Gasteiger partial charge >= 0.3 is 6.18 Å². The lowest BCUT2D eigenvalue weighted by Gasteiger charge is -2.20. The summed E-state index contributed by atoms with van der Waals surface area (Å²) in [7, 11) is 0. The van der Waals surface area contributed by atoms with Crippen LogP contribution in [0.15, 0.2) is 22.7 Å². The molecule has 0 spiro atoms. The average molecular weight is 420 g/mol. The molecule has 130 valence electrons. The monoisotopic (exact) mass is 419 g/mol. The number of nitrogen functional groups attached to an aromatic ring is 1. The van der Waals surface area contributed by atoms with Crippen LogP contribution in [0.3, 0.4) is 0 Å². The van der Waals surface area contributed by atoms with E-state index in [0.717, 1.165) is 36.4 Å². The van der Waals surface area contributed by atoms with Gasteiger partial charge in [-0.1, -0.05) is 15.9 Å². The van der Waals surface area contributed by atoms with Crippen LogP contribution in [0.5, 0.6) is 0 Å². The lowest BCUT2D eigenvalue weighted by atomic mass is 10.1. The molecule has 8 heteroatoms. The number of rotatable bonds is 3. The Morgan fingerprint density at radius 3 is 2.75 bits per heavy atom. The van der Waals surface area contributed by atoms with Gasteiger partial charge in [0.15, 0.2) is 5.13 Å². The molecule has 2 N–H and O–H groups in total. The number of hydrogen-bond donors (Lipinski definition) is 1. The summed E-state index contributed by atoms with van der Waals surface area (Å²) in [5.74, 6) is 0. The van der Waals surface area contributed by atoms with Crippen molar-refractivity contribution in [3.05, 3.63) is 33.1 Å². The number of alkyl halides is 3. The van der Waals surface area contributed by atoms with Crippen LogP contribution in [0.25, 0.3) is 11.3 Å². The van der Waals surface area contributed by atoms with Crippen molar-refractivity contribution < 1.29 is 13.2 Å². The molecule has 1 fully saturated rings. The molecule has 0 radical (unpaired) electrons. The second-order valence-corrected chi connectivity index (χ2v) is 8.04. The molecule has 3 nitrogen and oxygen atoms in total. The van der Waals surface area contributed by atoms with E-state index in [1.807, 2.05) is 0 Å². The van der Waals surface area contributed by atoms with Crippen molar-refractivity contribution >= 4 is 32.4 Å². The Labute approximate surface area is 150 Å². The van der Waals surface area contributed by atoms with E-state index in [0.29, 0.717) is 33.4 Å². The van der Waals surface area contributed by atoms with E-state index in [1.165, 1.54) is 11.3 Å². The van der Waals surface area contributed by atoms with Crippen LogP contribution in [-0.2, 0) is 12.7 Å². The first-order valence-electron chi connectivity index (χ1n) is 7.61. The van der Waals surface area contributed by atoms with E-state index in [-0.39, 0.29) is 0 Å². The minimum Gasteiger partial charge on any atom is -0.375 e. The lowest BCUT2D eigenvalue weighted by Crippen LogP contribution is -2.25. The molecule has 0 aliphatic carbocycles. The molecule has 2 aromatic rings. The third-order valence-electron chi connectivity index (χ3n) is 4.25. The van der Waals surface area contributed by atoms with Gasteiger partial charge in [-0.05, 0) is 44.5 Å². The number of benzene rings is 1. The summed E-state index contributed by atoms with van der Waals surface area (Å²) in [6.45, 7) is 3.82. The van der Waals surface area contributed by atoms with E-state index in [2.05, 4.69) is 32.7 Å². The average Bonchev–Trinajstić information content (AvgIpc) is 3.04. The summed E-state index contributed by atoms with van der Waals surface area (Å²) in [6, 6.07) is 4.33. The topological polar surface area (TPSA) is 42.1 Å². The zero-order valence-electron chi connectivity index (χ0n) is 13.0. The summed E-state index contributed by atoms with van der Waals surface area (Å²) in [5.41, 5.74) is 6.13. The summed E-state index contributed by atoms with van der Waals surface area (Å²) in [5, 5.41) is 0.375. The third kappa shape index (κ3) is 3.75. The van der Waals surface area contributed by atoms with Gasteiger partial charge in [-0.3, -0.25) is 4.90 Å². The van der Waals surface area contributed by atoms with E-state index in [9.17, 15) is 13.2 Å². The Morgan fingerprint density at radius 2 is 2.12 bits per heavy atom. The highest BCUT2D eigenvalue weighted by Crippen LogP contribution is 2.38. The van der Waals surface area contributed by atoms with Crippen LogP contribution in [0.2, 0.25) is 0 Å². The largest absolute Gasteiger partial charge is 0.416 e. The molecule has 1 atom stereocenters. The summed E-state index contributed by atoms with van der Waals surface area (Å²) in [4.78, 5) is 7.52. The lowest BCUT2D eigenvalue weighted by molar-refractivity contribution is -0.137. The highest BCUT2D eigenvalue weighted by Gasteiger charge is 2.32. The van der Waals surface area contributed by atoms with E-state index in [4.69, 9.17) is 5.73 Å². The van der Waals surface area contributed by atoms with Gasteiger partial charge in [-0.25, -0.2) is 4.98 Å². The number of halogens is 4. The minimum atomic E-state index is -4.40. The Kier molecular flexibility index (Phi) is 4.90. The van der Waals surface area contributed by atoms with Gasteiger partial charge in [0, 0.05) is 27.5 Å². The number of nitrogens with zero attached hydrogens (tertiary/aromatic N) is 2. The molecule has 1 aromatic carbocycles. The summed E-state index contributed by atoms with van der Waals surface area (Å²) < 4.78 is 39.6. The smallest absolute Gasteiger partial charge is 0.375 e. The fourth-order valence-electron chi connectivity index (χ4n) is 3.00. The van der Waals surface area contributed by atoms with Gasteiger partial charge in [-0.15, -0.1) is 11.3 Å². The molecule has 1 aliphatic rings. The molecule has 1 saturated heterocycles. The number of nitrogens with two attached hydrogens (primary N) is 1. The predicted octanol–water partition coefficient (Wildman–Crippen LogP) is 5.16. The Balaban J connectivity index is 1.99. The molecule has 0 unspecified atom stereocenters. The van der Waals surface area contributed by atoms with Crippen molar-refractivity contribution in [3.8, 4) is 11.3 Å². The SMILES string of the molecule is C[C@@H]1CCCN1Cc1sc(N)nc1-c1cc(Br)cc(C(F)(F)F)c1. The Hall–Kier alpha value is -1.12. The van der Waals surface area contributed by atoms with Gasteiger partial charge in [0.1, 0.15) is 0 Å². The fraction of sp³-hybridized carbons (Fsp3) is 0.438. The Morgan fingerprint density at radius 1 is 1.38 bits per heavy atom. The second-order valence-electron chi connectivity index (χ2n) is 6.01. The number of anilines is 1. The number of thiazole rings is 1. The maximum atomic E-state index is 13.1.